The van der Waals surface area contributed by atoms with Crippen molar-refractivity contribution < 1.29 is 14.1 Å². The Morgan fingerprint density at radius 3 is 2.67 bits per heavy atom. The first kappa shape index (κ1) is 24.1. The number of pyridine rings is 1. The van der Waals surface area contributed by atoms with E-state index in [2.05, 4.69) is 29.0 Å². The Bertz CT molecular complexity index is 1130. The highest BCUT2D eigenvalue weighted by atomic mass is 16.6. The molecule has 1 atom stereocenters. The number of nitrogens with zero attached hydrogens (tertiary/aromatic N) is 3. The molecule has 3 aromatic rings. The molecule has 3 rings (SSSR count). The highest BCUT2D eigenvalue weighted by molar-refractivity contribution is 6.06. The molecule has 1 unspecified atom stereocenters. The standard InChI is InChI=1S/C25H30N4O4/c1-4-28(5-2)16-8-9-18(3)26-25(30)22-17-19(27-23-11-7-6-10-21(22)23)12-13-20-14-15-24(33-20)29(31)32/h6-7,10-15,17-18H,4-5,8-9,16H2,1-3H3,(H,26,30)/b13-12+. The van der Waals surface area contributed by atoms with E-state index in [1.54, 1.807) is 18.2 Å². The van der Waals surface area contributed by atoms with Gasteiger partial charge in [0.25, 0.3) is 5.91 Å². The van der Waals surface area contributed by atoms with E-state index in [1.807, 2.05) is 31.2 Å². The number of nitrogens with one attached hydrogen (secondary N) is 1. The summed E-state index contributed by atoms with van der Waals surface area (Å²) >= 11 is 0. The fourth-order valence-electron chi connectivity index (χ4n) is 3.70. The Balaban J connectivity index is 1.76. The Morgan fingerprint density at radius 1 is 1.21 bits per heavy atom. The van der Waals surface area contributed by atoms with Crippen LogP contribution >= 0.6 is 0 Å². The van der Waals surface area contributed by atoms with Crippen molar-refractivity contribution in [2.45, 2.75) is 39.7 Å². The molecule has 0 aliphatic carbocycles. The number of carbonyl (C=O) groups is 1. The summed E-state index contributed by atoms with van der Waals surface area (Å²) in [4.78, 5) is 30.3. The van der Waals surface area contributed by atoms with Crippen molar-refractivity contribution in [3.63, 3.8) is 0 Å². The fourth-order valence-corrected chi connectivity index (χ4v) is 3.70. The van der Waals surface area contributed by atoms with Gasteiger partial charge in [0.05, 0.1) is 22.8 Å². The highest BCUT2D eigenvalue weighted by Gasteiger charge is 2.15. The number of para-hydroxylation sites is 1. The minimum atomic E-state index is -0.586. The SMILES string of the molecule is CCN(CC)CCCC(C)NC(=O)c1cc(/C=C/c2ccc([N+](=O)[O-])o2)nc2ccccc12. The van der Waals surface area contributed by atoms with E-state index in [-0.39, 0.29) is 17.8 Å². The van der Waals surface area contributed by atoms with Crippen LogP contribution in [0.15, 0.2) is 46.9 Å². The zero-order valence-corrected chi connectivity index (χ0v) is 19.3. The maximum atomic E-state index is 13.1. The van der Waals surface area contributed by atoms with Crippen molar-refractivity contribution in [1.82, 2.24) is 15.2 Å². The molecule has 1 amide bonds. The molecule has 0 saturated heterocycles. The first-order chi connectivity index (χ1) is 15.9. The number of carbonyl (C=O) groups excluding carboxylic acids is 1. The van der Waals surface area contributed by atoms with Gasteiger partial charge in [0, 0.05) is 11.4 Å². The summed E-state index contributed by atoms with van der Waals surface area (Å²) in [5.41, 5.74) is 1.80. The molecule has 8 heteroatoms. The lowest BCUT2D eigenvalue weighted by molar-refractivity contribution is -0.402. The minimum Gasteiger partial charge on any atom is -0.401 e. The third-order valence-corrected chi connectivity index (χ3v) is 5.57. The first-order valence-electron chi connectivity index (χ1n) is 11.3. The minimum absolute atomic E-state index is 0.0441. The summed E-state index contributed by atoms with van der Waals surface area (Å²) < 4.78 is 5.16. The van der Waals surface area contributed by atoms with E-state index in [9.17, 15) is 14.9 Å². The molecule has 33 heavy (non-hydrogen) atoms. The number of hydrogen-bond acceptors (Lipinski definition) is 6. The first-order valence-corrected chi connectivity index (χ1v) is 11.3. The second kappa shape index (κ2) is 11.4. The van der Waals surface area contributed by atoms with Gasteiger partial charge in [0.15, 0.2) is 0 Å². The van der Waals surface area contributed by atoms with E-state index >= 15 is 0 Å². The molecule has 0 spiro atoms. The van der Waals surface area contributed by atoms with Crippen LogP contribution in [0.2, 0.25) is 0 Å². The summed E-state index contributed by atoms with van der Waals surface area (Å²) in [6.07, 6.45) is 5.19. The van der Waals surface area contributed by atoms with Crippen LogP contribution in [0.5, 0.6) is 0 Å². The zero-order valence-electron chi connectivity index (χ0n) is 19.3. The van der Waals surface area contributed by atoms with E-state index in [0.717, 1.165) is 37.9 Å². The van der Waals surface area contributed by atoms with Crippen LogP contribution in [-0.2, 0) is 0 Å². The van der Waals surface area contributed by atoms with E-state index in [1.165, 1.54) is 12.1 Å². The van der Waals surface area contributed by atoms with Gasteiger partial charge < -0.3 is 14.6 Å². The van der Waals surface area contributed by atoms with Crippen molar-refractivity contribution in [3.05, 3.63) is 69.6 Å². The number of benzene rings is 1. The molecule has 0 fully saturated rings. The summed E-state index contributed by atoms with van der Waals surface area (Å²) in [6.45, 7) is 9.41. The van der Waals surface area contributed by atoms with E-state index in [4.69, 9.17) is 4.42 Å². The molecule has 0 aliphatic rings. The van der Waals surface area contributed by atoms with Crippen molar-refractivity contribution in [3.8, 4) is 0 Å². The van der Waals surface area contributed by atoms with E-state index in [0.29, 0.717) is 22.5 Å². The number of fused-ring (bicyclic) bond motifs is 1. The van der Waals surface area contributed by atoms with Crippen LogP contribution in [0, 0.1) is 10.1 Å². The maximum absolute atomic E-state index is 13.1. The molecule has 0 bridgehead atoms. The van der Waals surface area contributed by atoms with Gasteiger partial charge in [-0.05, 0) is 69.8 Å². The lowest BCUT2D eigenvalue weighted by atomic mass is 10.1. The third-order valence-electron chi connectivity index (χ3n) is 5.57. The topological polar surface area (TPSA) is 102 Å². The lowest BCUT2D eigenvalue weighted by Gasteiger charge is -2.20. The summed E-state index contributed by atoms with van der Waals surface area (Å²) in [5.74, 6) is -0.132. The van der Waals surface area contributed by atoms with Crippen molar-refractivity contribution >= 4 is 34.8 Å². The molecule has 1 aromatic carbocycles. The van der Waals surface area contributed by atoms with Crippen molar-refractivity contribution in [2.24, 2.45) is 0 Å². The molecule has 174 valence electrons. The van der Waals surface area contributed by atoms with Crippen molar-refractivity contribution in [1.29, 1.82) is 0 Å². The van der Waals surface area contributed by atoms with Crippen molar-refractivity contribution in [2.75, 3.05) is 19.6 Å². The van der Waals surface area contributed by atoms with Gasteiger partial charge in [-0.15, -0.1) is 0 Å². The molecule has 0 radical (unpaired) electrons. The average Bonchev–Trinajstić information content (AvgIpc) is 3.29. The molecular weight excluding hydrogens is 420 g/mol. The van der Waals surface area contributed by atoms with Gasteiger partial charge in [0.1, 0.15) is 10.7 Å². The number of aromatic nitrogens is 1. The maximum Gasteiger partial charge on any atom is 0.433 e. The Morgan fingerprint density at radius 2 is 1.97 bits per heavy atom. The second-order valence-electron chi connectivity index (χ2n) is 7.92. The molecule has 8 nitrogen and oxygen atoms in total. The molecular formula is C25H30N4O4. The van der Waals surface area contributed by atoms with Gasteiger partial charge in [-0.3, -0.25) is 14.9 Å². The van der Waals surface area contributed by atoms with Crippen LogP contribution in [0.1, 0.15) is 55.4 Å². The summed E-state index contributed by atoms with van der Waals surface area (Å²) in [7, 11) is 0. The lowest BCUT2D eigenvalue weighted by Crippen LogP contribution is -2.34. The molecule has 0 saturated carbocycles. The van der Waals surface area contributed by atoms with Crippen LogP contribution in [0.25, 0.3) is 23.1 Å². The predicted molar refractivity (Wildman–Crippen MR) is 130 cm³/mol. The molecule has 2 heterocycles. The number of hydrogen-bond donors (Lipinski definition) is 1. The van der Waals surface area contributed by atoms with Gasteiger partial charge >= 0.3 is 5.88 Å². The molecule has 0 aliphatic heterocycles. The Kier molecular flexibility index (Phi) is 8.32. The smallest absolute Gasteiger partial charge is 0.401 e. The number of amides is 1. The van der Waals surface area contributed by atoms with Crippen LogP contribution in [0.4, 0.5) is 5.88 Å². The predicted octanol–water partition coefficient (Wildman–Crippen LogP) is 5.15. The summed E-state index contributed by atoms with van der Waals surface area (Å²) in [6, 6.07) is 12.1. The second-order valence-corrected chi connectivity index (χ2v) is 7.92. The number of rotatable bonds is 11. The van der Waals surface area contributed by atoms with E-state index < -0.39 is 4.92 Å². The normalized spacial score (nSPS) is 12.5. The van der Waals surface area contributed by atoms with Gasteiger partial charge in [-0.1, -0.05) is 32.0 Å². The highest BCUT2D eigenvalue weighted by Crippen LogP contribution is 2.21. The number of nitro groups is 1. The monoisotopic (exact) mass is 450 g/mol. The Hall–Kier alpha value is -3.52. The van der Waals surface area contributed by atoms with Gasteiger partial charge in [0.2, 0.25) is 0 Å². The average molecular weight is 451 g/mol. The molecule has 1 N–H and O–H groups in total. The van der Waals surface area contributed by atoms with Crippen LogP contribution in [-0.4, -0.2) is 46.4 Å². The van der Waals surface area contributed by atoms with Gasteiger partial charge in [-0.25, -0.2) is 4.98 Å². The molecule has 2 aromatic heterocycles. The quantitative estimate of drug-likeness (QED) is 0.320. The van der Waals surface area contributed by atoms with Crippen LogP contribution in [0.3, 0.4) is 0 Å². The zero-order chi connectivity index (χ0) is 23.8. The largest absolute Gasteiger partial charge is 0.433 e. The number of furan rings is 1. The fraction of sp³-hybridized carbons (Fsp3) is 0.360. The summed E-state index contributed by atoms with van der Waals surface area (Å²) in [5, 5.41) is 14.7. The van der Waals surface area contributed by atoms with Gasteiger partial charge in [-0.2, -0.15) is 0 Å². The third kappa shape index (κ3) is 6.49. The Labute approximate surface area is 193 Å². The van der Waals surface area contributed by atoms with Crippen LogP contribution < -0.4 is 5.32 Å².